The summed E-state index contributed by atoms with van der Waals surface area (Å²) in [6.07, 6.45) is 3.55. The van der Waals surface area contributed by atoms with Gasteiger partial charge in [0.15, 0.2) is 0 Å². The molecule has 5 rings (SSSR count). The van der Waals surface area contributed by atoms with Crippen LogP contribution in [0.5, 0.6) is 0 Å². The molecule has 1 fully saturated rings. The quantitative estimate of drug-likeness (QED) is 0.408. The smallest absolute Gasteiger partial charge is 0.289 e. The van der Waals surface area contributed by atoms with Crippen molar-refractivity contribution in [1.29, 1.82) is 0 Å². The van der Waals surface area contributed by atoms with Crippen LogP contribution < -0.4 is 31.1 Å². The molecule has 1 aromatic carbocycles. The Kier molecular flexibility index (Phi) is 5.63. The van der Waals surface area contributed by atoms with Gasteiger partial charge in [-0.1, -0.05) is 13.8 Å². The summed E-state index contributed by atoms with van der Waals surface area (Å²) in [5, 5.41) is 6.91. The van der Waals surface area contributed by atoms with Crippen molar-refractivity contribution in [3.05, 3.63) is 55.9 Å². The molecule has 0 spiro atoms. The standard InChI is InChI=1S/C22H26N6O6S2/c1-12(2)8-9-27-18-11-16(13-4-5-13)24-28(18)22(30)19(21(27)29)20-23-15-7-6-14(25-35(3,31)32)10-17(15)36(33,34)26-20/h6-7,10-13,23,25-26H,4-5,8-9H2,1-3H3/b20-19+. The van der Waals surface area contributed by atoms with Gasteiger partial charge in [0, 0.05) is 24.2 Å². The molecular weight excluding hydrogens is 508 g/mol. The summed E-state index contributed by atoms with van der Waals surface area (Å²) in [6, 6.07) is 5.66. The highest BCUT2D eigenvalue weighted by Gasteiger charge is 2.30. The van der Waals surface area contributed by atoms with Crippen molar-refractivity contribution in [3.8, 4) is 0 Å². The second-order valence-corrected chi connectivity index (χ2v) is 13.0. The van der Waals surface area contributed by atoms with Gasteiger partial charge in [0.2, 0.25) is 10.0 Å². The van der Waals surface area contributed by atoms with Gasteiger partial charge in [0.05, 0.1) is 17.6 Å². The van der Waals surface area contributed by atoms with E-state index in [0.29, 0.717) is 24.5 Å². The van der Waals surface area contributed by atoms with E-state index in [1.807, 2.05) is 13.8 Å². The molecule has 1 saturated carbocycles. The summed E-state index contributed by atoms with van der Waals surface area (Å²) in [5.74, 6) is 0.269. The molecule has 3 N–H and O–H groups in total. The van der Waals surface area contributed by atoms with Crippen LogP contribution in [0, 0.1) is 5.92 Å². The van der Waals surface area contributed by atoms with Crippen LogP contribution in [0.15, 0.2) is 38.8 Å². The van der Waals surface area contributed by atoms with Crippen LogP contribution >= 0.6 is 0 Å². The molecule has 0 saturated heterocycles. The number of rotatable bonds is 6. The fourth-order valence-corrected chi connectivity index (χ4v) is 5.93. The molecule has 3 aromatic rings. The first-order valence-electron chi connectivity index (χ1n) is 11.5. The van der Waals surface area contributed by atoms with E-state index in [1.54, 1.807) is 6.07 Å². The maximum atomic E-state index is 13.6. The zero-order valence-corrected chi connectivity index (χ0v) is 21.5. The second kappa shape index (κ2) is 8.34. The average molecular weight is 535 g/mol. The number of sulfonamides is 2. The van der Waals surface area contributed by atoms with E-state index >= 15 is 0 Å². The van der Waals surface area contributed by atoms with E-state index in [2.05, 4.69) is 19.9 Å². The molecule has 192 valence electrons. The first kappa shape index (κ1) is 24.3. The number of aromatic nitrogens is 3. The Morgan fingerprint density at radius 2 is 1.89 bits per heavy atom. The van der Waals surface area contributed by atoms with Crippen LogP contribution in [-0.4, -0.2) is 37.3 Å². The zero-order valence-electron chi connectivity index (χ0n) is 19.9. The zero-order chi connectivity index (χ0) is 26.0. The largest absolute Gasteiger partial charge is 0.339 e. The number of aryl methyl sites for hydroxylation is 1. The van der Waals surface area contributed by atoms with Gasteiger partial charge in [-0.25, -0.2) is 16.8 Å². The molecule has 12 nitrogen and oxygen atoms in total. The lowest BCUT2D eigenvalue weighted by Gasteiger charge is -2.23. The molecule has 0 amide bonds. The van der Waals surface area contributed by atoms with Crippen LogP contribution in [0.25, 0.3) is 11.5 Å². The predicted molar refractivity (Wildman–Crippen MR) is 135 cm³/mol. The highest BCUT2D eigenvalue weighted by molar-refractivity contribution is 7.92. The third-order valence-electron chi connectivity index (χ3n) is 6.10. The molecule has 0 radical (unpaired) electrons. The summed E-state index contributed by atoms with van der Waals surface area (Å²) in [4.78, 5) is 26.8. The van der Waals surface area contributed by atoms with Crippen molar-refractivity contribution >= 4 is 42.9 Å². The van der Waals surface area contributed by atoms with Gasteiger partial charge >= 0.3 is 0 Å². The molecule has 0 bridgehead atoms. The van der Waals surface area contributed by atoms with Crippen molar-refractivity contribution < 1.29 is 16.8 Å². The fraction of sp³-hybridized carbons (Fsp3) is 0.409. The highest BCUT2D eigenvalue weighted by Crippen LogP contribution is 2.39. The number of anilines is 2. The van der Waals surface area contributed by atoms with Crippen LogP contribution in [0.4, 0.5) is 11.4 Å². The van der Waals surface area contributed by atoms with Crippen molar-refractivity contribution in [1.82, 2.24) is 18.9 Å². The van der Waals surface area contributed by atoms with Crippen LogP contribution in [0.2, 0.25) is 0 Å². The minimum absolute atomic E-state index is 0.0537. The minimum atomic E-state index is -4.24. The third-order valence-corrected chi connectivity index (χ3v) is 8.09. The lowest BCUT2D eigenvalue weighted by atomic mass is 10.1. The fourth-order valence-electron chi connectivity index (χ4n) is 4.15. The SMILES string of the molecule is CC(C)CCn1c(=O)/c(=C2/Nc3ccc(NS(C)(=O)=O)cc3S(=O)(=O)N2)c(=O)n2nc(C3CC3)cc12. The van der Waals surface area contributed by atoms with Gasteiger partial charge in [-0.2, -0.15) is 9.61 Å². The normalized spacial score (nSPS) is 18.6. The van der Waals surface area contributed by atoms with E-state index in [4.69, 9.17) is 0 Å². The Morgan fingerprint density at radius 3 is 2.53 bits per heavy atom. The van der Waals surface area contributed by atoms with Gasteiger partial charge in [0.25, 0.3) is 21.1 Å². The van der Waals surface area contributed by atoms with Gasteiger partial charge in [-0.15, -0.1) is 0 Å². The van der Waals surface area contributed by atoms with E-state index in [9.17, 15) is 26.4 Å². The number of hydrogen-bond acceptors (Lipinski definition) is 8. The average Bonchev–Trinajstić information content (AvgIpc) is 3.51. The summed E-state index contributed by atoms with van der Waals surface area (Å²) >= 11 is 0. The number of hydrogen-bond donors (Lipinski definition) is 3. The molecule has 1 aliphatic carbocycles. The Bertz CT molecular complexity index is 1790. The van der Waals surface area contributed by atoms with E-state index in [-0.39, 0.29) is 33.2 Å². The van der Waals surface area contributed by atoms with Gasteiger partial charge in [0.1, 0.15) is 21.6 Å². The Balaban J connectivity index is 1.72. The molecule has 2 aromatic heterocycles. The number of fused-ring (bicyclic) bond motifs is 2. The maximum Gasteiger partial charge on any atom is 0.289 e. The molecule has 3 heterocycles. The Labute approximate surface area is 207 Å². The van der Waals surface area contributed by atoms with E-state index in [1.165, 1.54) is 21.2 Å². The van der Waals surface area contributed by atoms with Crippen molar-refractivity contribution in [2.24, 2.45) is 5.92 Å². The lowest BCUT2D eigenvalue weighted by Crippen LogP contribution is -2.53. The van der Waals surface area contributed by atoms with Crippen LogP contribution in [-0.2, 0) is 26.6 Å². The topological polar surface area (TPSA) is 161 Å². The molecule has 36 heavy (non-hydrogen) atoms. The Morgan fingerprint density at radius 1 is 1.17 bits per heavy atom. The van der Waals surface area contributed by atoms with Crippen LogP contribution in [0.1, 0.15) is 44.7 Å². The van der Waals surface area contributed by atoms with Gasteiger partial charge < -0.3 is 5.32 Å². The summed E-state index contributed by atoms with van der Waals surface area (Å²) in [7, 11) is -7.87. The summed E-state index contributed by atoms with van der Waals surface area (Å²) in [5.41, 5.74) is -0.0912. The molecule has 14 heteroatoms. The first-order chi connectivity index (χ1) is 16.8. The maximum absolute atomic E-state index is 13.6. The van der Waals surface area contributed by atoms with Gasteiger partial charge in [-0.3, -0.25) is 23.6 Å². The summed E-state index contributed by atoms with van der Waals surface area (Å²) < 4.78 is 56.4. The molecule has 0 atom stereocenters. The molecule has 1 aliphatic heterocycles. The summed E-state index contributed by atoms with van der Waals surface area (Å²) in [6.45, 7) is 4.37. The second-order valence-electron chi connectivity index (χ2n) is 9.62. The number of benzene rings is 1. The lowest BCUT2D eigenvalue weighted by molar-refractivity contribution is 0.509. The molecule has 2 aliphatic rings. The van der Waals surface area contributed by atoms with Crippen molar-refractivity contribution in [3.63, 3.8) is 0 Å². The monoisotopic (exact) mass is 534 g/mol. The number of nitrogens with one attached hydrogen (secondary N) is 3. The van der Waals surface area contributed by atoms with Crippen molar-refractivity contribution in [2.45, 2.75) is 50.5 Å². The van der Waals surface area contributed by atoms with Crippen LogP contribution in [0.3, 0.4) is 0 Å². The molecular formula is C22H26N6O6S2. The highest BCUT2D eigenvalue weighted by atomic mass is 32.2. The van der Waals surface area contributed by atoms with Crippen molar-refractivity contribution in [2.75, 3.05) is 16.3 Å². The van der Waals surface area contributed by atoms with E-state index < -0.39 is 31.2 Å². The Hall–Kier alpha value is -3.39. The number of nitrogens with zero attached hydrogens (tertiary/aromatic N) is 3. The third kappa shape index (κ3) is 4.46. The predicted octanol–water partition coefficient (Wildman–Crippen LogP) is 0.340. The van der Waals surface area contributed by atoms with E-state index in [0.717, 1.165) is 30.9 Å². The van der Waals surface area contributed by atoms with Gasteiger partial charge in [-0.05, 0) is 43.4 Å². The minimum Gasteiger partial charge on any atom is -0.339 e. The first-order valence-corrected chi connectivity index (χ1v) is 14.8. The molecule has 0 unspecified atom stereocenters.